The number of rotatable bonds is 4. The lowest BCUT2D eigenvalue weighted by Gasteiger charge is -2.14. The lowest BCUT2D eigenvalue weighted by atomic mass is 10.2. The van der Waals surface area contributed by atoms with Gasteiger partial charge in [-0.3, -0.25) is 4.79 Å². The first-order valence-electron chi connectivity index (χ1n) is 5.97. The van der Waals surface area contributed by atoms with Gasteiger partial charge in [0, 0.05) is 19.0 Å². The van der Waals surface area contributed by atoms with Gasteiger partial charge in [0.25, 0.3) is 0 Å². The zero-order valence-electron chi connectivity index (χ0n) is 10.4. The number of amides is 1. The summed E-state index contributed by atoms with van der Waals surface area (Å²) >= 11 is 0. The van der Waals surface area contributed by atoms with E-state index in [1.54, 1.807) is 0 Å². The first-order valence-corrected chi connectivity index (χ1v) is 5.97. The zero-order chi connectivity index (χ0) is 14.8. The minimum atomic E-state index is -4.48. The Morgan fingerprint density at radius 2 is 2.10 bits per heavy atom. The normalized spacial score (nSPS) is 18.8. The Kier molecular flexibility index (Phi) is 3.98. The van der Waals surface area contributed by atoms with E-state index < -0.39 is 11.7 Å². The summed E-state index contributed by atoms with van der Waals surface area (Å²) in [7, 11) is 0. The Bertz CT molecular complexity index is 505. The van der Waals surface area contributed by atoms with Gasteiger partial charge in [0.1, 0.15) is 11.6 Å². The molecule has 2 rings (SSSR count). The van der Waals surface area contributed by atoms with Crippen molar-refractivity contribution in [1.29, 1.82) is 0 Å². The van der Waals surface area contributed by atoms with Crippen molar-refractivity contribution >= 4 is 17.5 Å². The number of halogens is 3. The second-order valence-electron chi connectivity index (χ2n) is 4.45. The molecule has 1 aliphatic heterocycles. The molecule has 0 bridgehead atoms. The van der Waals surface area contributed by atoms with E-state index in [9.17, 15) is 18.0 Å². The molecule has 1 unspecified atom stereocenters. The molecule has 1 amide bonds. The number of nitrogen functional groups attached to an aromatic ring is 1. The molecule has 2 heterocycles. The fraction of sp³-hybridized carbons (Fsp3) is 0.455. The predicted octanol–water partition coefficient (Wildman–Crippen LogP) is 1.08. The summed E-state index contributed by atoms with van der Waals surface area (Å²) in [6.07, 6.45) is -3.41. The minimum absolute atomic E-state index is 0.0499. The molecular weight excluding hydrogens is 275 g/mol. The third kappa shape index (κ3) is 3.50. The standard InChI is InChI=1S/C11H14F3N5O/c12-11(13,14)6-3-8(18-9(4-6)19-15)16-5-7-1-2-10(20)17-7/h3-4,7H,1-2,5,15H2,(H,17,20)(H2,16,18,19). The Balaban J connectivity index is 2.08. The van der Waals surface area contributed by atoms with E-state index in [0.717, 1.165) is 12.1 Å². The third-order valence-electron chi connectivity index (χ3n) is 2.92. The van der Waals surface area contributed by atoms with Crippen LogP contribution in [0, 0.1) is 0 Å². The second kappa shape index (κ2) is 5.53. The maximum Gasteiger partial charge on any atom is 0.416 e. The van der Waals surface area contributed by atoms with Crippen LogP contribution in [0.3, 0.4) is 0 Å². The quantitative estimate of drug-likeness (QED) is 0.492. The van der Waals surface area contributed by atoms with E-state index in [-0.39, 0.29) is 23.6 Å². The van der Waals surface area contributed by atoms with Crippen LogP contribution in [0.1, 0.15) is 18.4 Å². The topological polar surface area (TPSA) is 92.1 Å². The molecule has 1 aliphatic rings. The zero-order valence-corrected chi connectivity index (χ0v) is 10.4. The van der Waals surface area contributed by atoms with Crippen molar-refractivity contribution in [3.63, 3.8) is 0 Å². The maximum atomic E-state index is 12.7. The van der Waals surface area contributed by atoms with Crippen molar-refractivity contribution < 1.29 is 18.0 Å². The van der Waals surface area contributed by atoms with Gasteiger partial charge in [-0.15, -0.1) is 0 Å². The third-order valence-corrected chi connectivity index (χ3v) is 2.92. The summed E-state index contributed by atoms with van der Waals surface area (Å²) in [5.41, 5.74) is 1.25. The van der Waals surface area contributed by atoms with Crippen molar-refractivity contribution in [1.82, 2.24) is 10.3 Å². The van der Waals surface area contributed by atoms with Crippen LogP contribution in [0.4, 0.5) is 24.8 Å². The number of pyridine rings is 1. The number of nitrogens with two attached hydrogens (primary N) is 1. The predicted molar refractivity (Wildman–Crippen MR) is 66.7 cm³/mol. The van der Waals surface area contributed by atoms with E-state index in [4.69, 9.17) is 5.84 Å². The molecule has 110 valence electrons. The number of hydrazine groups is 1. The molecule has 0 saturated carbocycles. The highest BCUT2D eigenvalue weighted by molar-refractivity contribution is 5.78. The smallest absolute Gasteiger partial charge is 0.368 e. The largest absolute Gasteiger partial charge is 0.416 e. The Labute approximate surface area is 112 Å². The van der Waals surface area contributed by atoms with E-state index in [2.05, 4.69) is 21.0 Å². The Morgan fingerprint density at radius 1 is 1.40 bits per heavy atom. The number of carbonyl (C=O) groups excluding carboxylic acids is 1. The van der Waals surface area contributed by atoms with Crippen LogP contribution in [-0.4, -0.2) is 23.5 Å². The Hall–Kier alpha value is -2.03. The maximum absolute atomic E-state index is 12.7. The molecule has 1 atom stereocenters. The number of anilines is 2. The number of aromatic nitrogens is 1. The minimum Gasteiger partial charge on any atom is -0.368 e. The van der Waals surface area contributed by atoms with Gasteiger partial charge < -0.3 is 16.1 Å². The lowest BCUT2D eigenvalue weighted by molar-refractivity contribution is -0.137. The molecule has 0 radical (unpaired) electrons. The van der Waals surface area contributed by atoms with E-state index in [1.807, 2.05) is 0 Å². The highest BCUT2D eigenvalue weighted by atomic mass is 19.4. The average Bonchev–Trinajstić information content (AvgIpc) is 2.81. The van der Waals surface area contributed by atoms with Gasteiger partial charge in [0.2, 0.25) is 5.91 Å². The molecule has 0 spiro atoms. The monoisotopic (exact) mass is 289 g/mol. The van der Waals surface area contributed by atoms with Gasteiger partial charge in [-0.05, 0) is 18.6 Å². The summed E-state index contributed by atoms with van der Waals surface area (Å²) in [5.74, 6) is 5.01. The number of hydrogen-bond acceptors (Lipinski definition) is 5. The van der Waals surface area contributed by atoms with Crippen LogP contribution in [0.5, 0.6) is 0 Å². The molecular formula is C11H14F3N5O. The molecule has 5 N–H and O–H groups in total. The number of carbonyl (C=O) groups is 1. The van der Waals surface area contributed by atoms with Gasteiger partial charge in [0.15, 0.2) is 0 Å². The summed E-state index contributed by atoms with van der Waals surface area (Å²) in [6.45, 7) is 0.310. The van der Waals surface area contributed by atoms with Crippen LogP contribution in [-0.2, 0) is 11.0 Å². The highest BCUT2D eigenvalue weighted by Gasteiger charge is 2.31. The number of alkyl halides is 3. The number of nitrogens with one attached hydrogen (secondary N) is 3. The van der Waals surface area contributed by atoms with E-state index >= 15 is 0 Å². The molecule has 0 aromatic carbocycles. The fourth-order valence-electron chi connectivity index (χ4n) is 1.92. The molecule has 9 heteroatoms. The van der Waals surface area contributed by atoms with Crippen LogP contribution < -0.4 is 21.9 Å². The summed E-state index contributed by atoms with van der Waals surface area (Å²) < 4.78 is 38.1. The Morgan fingerprint density at radius 3 is 2.65 bits per heavy atom. The molecule has 0 aliphatic carbocycles. The SMILES string of the molecule is NNc1cc(C(F)(F)F)cc(NCC2CCC(=O)N2)n1. The molecule has 1 saturated heterocycles. The number of hydrogen-bond donors (Lipinski definition) is 4. The molecule has 6 nitrogen and oxygen atoms in total. The van der Waals surface area contributed by atoms with Crippen molar-refractivity contribution in [2.45, 2.75) is 25.1 Å². The average molecular weight is 289 g/mol. The lowest BCUT2D eigenvalue weighted by Crippen LogP contribution is -2.32. The van der Waals surface area contributed by atoms with Crippen molar-refractivity contribution in [3.05, 3.63) is 17.7 Å². The van der Waals surface area contributed by atoms with Crippen molar-refractivity contribution in [2.75, 3.05) is 17.3 Å². The molecule has 1 fully saturated rings. The van der Waals surface area contributed by atoms with Crippen LogP contribution >= 0.6 is 0 Å². The second-order valence-corrected chi connectivity index (χ2v) is 4.45. The van der Waals surface area contributed by atoms with Crippen LogP contribution in [0.2, 0.25) is 0 Å². The van der Waals surface area contributed by atoms with Gasteiger partial charge >= 0.3 is 6.18 Å². The van der Waals surface area contributed by atoms with Gasteiger partial charge in [-0.2, -0.15) is 13.2 Å². The van der Waals surface area contributed by atoms with E-state index in [0.29, 0.717) is 19.4 Å². The summed E-state index contributed by atoms with van der Waals surface area (Å²) in [4.78, 5) is 14.9. The van der Waals surface area contributed by atoms with Crippen molar-refractivity contribution in [2.24, 2.45) is 5.84 Å². The first-order chi connectivity index (χ1) is 9.38. The molecule has 1 aromatic heterocycles. The van der Waals surface area contributed by atoms with Gasteiger partial charge in [0.05, 0.1) is 5.56 Å². The van der Waals surface area contributed by atoms with Crippen LogP contribution in [0.25, 0.3) is 0 Å². The molecule has 20 heavy (non-hydrogen) atoms. The summed E-state index contributed by atoms with van der Waals surface area (Å²) in [6, 6.07) is 1.62. The van der Waals surface area contributed by atoms with Crippen LogP contribution in [0.15, 0.2) is 12.1 Å². The number of nitrogens with zero attached hydrogens (tertiary/aromatic N) is 1. The fourth-order valence-corrected chi connectivity index (χ4v) is 1.92. The highest BCUT2D eigenvalue weighted by Crippen LogP contribution is 2.31. The van der Waals surface area contributed by atoms with Gasteiger partial charge in [-0.25, -0.2) is 10.8 Å². The van der Waals surface area contributed by atoms with Crippen molar-refractivity contribution in [3.8, 4) is 0 Å². The van der Waals surface area contributed by atoms with Gasteiger partial charge in [-0.1, -0.05) is 0 Å². The molecule has 1 aromatic rings. The first kappa shape index (κ1) is 14.4. The summed E-state index contributed by atoms with van der Waals surface area (Å²) in [5, 5.41) is 5.48. The van der Waals surface area contributed by atoms with E-state index in [1.165, 1.54) is 0 Å².